The van der Waals surface area contributed by atoms with Gasteiger partial charge in [0.1, 0.15) is 23.2 Å². The van der Waals surface area contributed by atoms with Crippen LogP contribution < -0.4 is 5.32 Å². The summed E-state index contributed by atoms with van der Waals surface area (Å²) in [5.41, 5.74) is 9.20. The summed E-state index contributed by atoms with van der Waals surface area (Å²) in [6.45, 7) is 0. The number of benzene rings is 8. The molecule has 1 aliphatic rings. The van der Waals surface area contributed by atoms with E-state index < -0.39 is 0 Å². The minimum Gasteiger partial charge on any atom is -0.455 e. The molecule has 0 spiro atoms. The van der Waals surface area contributed by atoms with Gasteiger partial charge in [-0.3, -0.25) is 0 Å². The Morgan fingerprint density at radius 3 is 2.00 bits per heavy atom. The number of aliphatic imine (C=N–C) groups is 2. The van der Waals surface area contributed by atoms with Crippen molar-refractivity contribution < 1.29 is 4.42 Å². The zero-order valence-electron chi connectivity index (χ0n) is 27.6. The second-order valence-electron chi connectivity index (χ2n) is 13.0. The summed E-state index contributed by atoms with van der Waals surface area (Å²) in [5.74, 6) is 1.44. The van der Waals surface area contributed by atoms with Gasteiger partial charge in [-0.2, -0.15) is 0 Å². The fraction of sp³-hybridized carbons (Fsp3) is 0.0213. The van der Waals surface area contributed by atoms with Gasteiger partial charge in [-0.15, -0.1) is 0 Å². The summed E-state index contributed by atoms with van der Waals surface area (Å²) in [5, 5.41) is 10.6. The zero-order valence-corrected chi connectivity index (χ0v) is 27.6. The number of fused-ring (bicyclic) bond motifs is 5. The monoisotopic (exact) mass is 653 g/mol. The molecule has 0 saturated heterocycles. The maximum atomic E-state index is 6.61. The Morgan fingerprint density at radius 2 is 1.14 bits per heavy atom. The summed E-state index contributed by atoms with van der Waals surface area (Å²) in [6.07, 6.45) is -0.359. The summed E-state index contributed by atoms with van der Waals surface area (Å²) in [6, 6.07) is 61.6. The molecule has 0 amide bonds. The van der Waals surface area contributed by atoms with Crippen molar-refractivity contribution in [1.29, 1.82) is 0 Å². The molecule has 8 aromatic carbocycles. The van der Waals surface area contributed by atoms with Crippen LogP contribution in [0.4, 0.5) is 0 Å². The highest BCUT2D eigenvalue weighted by atomic mass is 16.3. The molecule has 10 rings (SSSR count). The van der Waals surface area contributed by atoms with E-state index in [1.165, 1.54) is 27.3 Å². The van der Waals surface area contributed by atoms with Gasteiger partial charge in [0.2, 0.25) is 0 Å². The van der Waals surface area contributed by atoms with Crippen molar-refractivity contribution in [1.82, 2.24) is 5.32 Å². The molecule has 4 heteroatoms. The summed E-state index contributed by atoms with van der Waals surface area (Å²) >= 11 is 0. The second kappa shape index (κ2) is 12.0. The molecular formula is C47H31N3O. The van der Waals surface area contributed by atoms with Crippen LogP contribution in [-0.2, 0) is 0 Å². The van der Waals surface area contributed by atoms with Crippen LogP contribution in [0.15, 0.2) is 190 Å². The summed E-state index contributed by atoms with van der Waals surface area (Å²) in [7, 11) is 0. The van der Waals surface area contributed by atoms with Crippen molar-refractivity contribution in [3.8, 4) is 22.3 Å². The third-order valence-electron chi connectivity index (χ3n) is 9.94. The Balaban J connectivity index is 1.14. The van der Waals surface area contributed by atoms with Gasteiger partial charge in [-0.1, -0.05) is 152 Å². The lowest BCUT2D eigenvalue weighted by molar-refractivity contribution is 0.669. The molecule has 0 aliphatic carbocycles. The standard InChI is InChI=1S/C47H31N3O/c1-2-12-32(13-3-1)39-27-28-41(43-40-18-8-9-20-42(40)51-44(39)43)47-49-45(48-46(50-47)36-26-21-30-11-4-5-15-35(30)29-36)34-24-22-33(23-25-34)38-19-10-16-31-14-6-7-17-37(31)38/h1-29,45H,(H,48,49,50). The highest BCUT2D eigenvalue weighted by molar-refractivity contribution is 6.23. The van der Waals surface area contributed by atoms with Crippen molar-refractivity contribution in [2.75, 3.05) is 0 Å². The maximum Gasteiger partial charge on any atom is 0.160 e. The van der Waals surface area contributed by atoms with Gasteiger partial charge < -0.3 is 9.73 Å². The number of para-hydroxylation sites is 1. The fourth-order valence-electron chi connectivity index (χ4n) is 7.40. The number of hydrogen-bond acceptors (Lipinski definition) is 4. The fourth-order valence-corrected chi connectivity index (χ4v) is 7.40. The van der Waals surface area contributed by atoms with Gasteiger partial charge >= 0.3 is 0 Å². The van der Waals surface area contributed by atoms with E-state index in [1.54, 1.807) is 0 Å². The Bertz CT molecular complexity index is 2820. The molecule has 1 aromatic heterocycles. The van der Waals surface area contributed by atoms with Crippen LogP contribution in [0.3, 0.4) is 0 Å². The van der Waals surface area contributed by atoms with E-state index in [2.05, 4.69) is 163 Å². The van der Waals surface area contributed by atoms with Crippen LogP contribution in [0.1, 0.15) is 22.9 Å². The molecule has 1 N–H and O–H groups in total. The predicted molar refractivity (Wildman–Crippen MR) is 211 cm³/mol. The molecule has 2 heterocycles. The van der Waals surface area contributed by atoms with Gasteiger partial charge in [0.25, 0.3) is 0 Å². The van der Waals surface area contributed by atoms with E-state index >= 15 is 0 Å². The van der Waals surface area contributed by atoms with E-state index in [0.29, 0.717) is 5.84 Å². The second-order valence-corrected chi connectivity index (χ2v) is 13.0. The molecule has 4 nitrogen and oxygen atoms in total. The Morgan fingerprint density at radius 1 is 0.471 bits per heavy atom. The van der Waals surface area contributed by atoms with E-state index in [4.69, 9.17) is 14.4 Å². The first-order valence-electron chi connectivity index (χ1n) is 17.3. The van der Waals surface area contributed by atoms with Crippen LogP contribution in [-0.4, -0.2) is 11.7 Å². The maximum absolute atomic E-state index is 6.61. The molecule has 0 bridgehead atoms. The van der Waals surface area contributed by atoms with E-state index in [1.807, 2.05) is 18.2 Å². The quantitative estimate of drug-likeness (QED) is 0.201. The lowest BCUT2D eigenvalue weighted by Gasteiger charge is -2.24. The number of rotatable bonds is 5. The Labute approximate surface area is 295 Å². The van der Waals surface area contributed by atoms with Gasteiger partial charge in [-0.05, 0) is 68.1 Å². The number of furan rings is 1. The first kappa shape index (κ1) is 29.2. The molecule has 0 fully saturated rings. The normalized spacial score (nSPS) is 14.5. The third-order valence-corrected chi connectivity index (χ3v) is 9.94. The lowest BCUT2D eigenvalue weighted by atomic mass is 9.96. The van der Waals surface area contributed by atoms with E-state index in [9.17, 15) is 0 Å². The molecule has 1 atom stereocenters. The number of hydrogen-bond donors (Lipinski definition) is 1. The van der Waals surface area contributed by atoms with Crippen molar-refractivity contribution >= 4 is 55.2 Å². The molecule has 51 heavy (non-hydrogen) atoms. The van der Waals surface area contributed by atoms with Crippen LogP contribution in [0, 0.1) is 0 Å². The first-order valence-corrected chi connectivity index (χ1v) is 17.3. The minimum atomic E-state index is -0.359. The lowest BCUT2D eigenvalue weighted by Crippen LogP contribution is -2.33. The summed E-state index contributed by atoms with van der Waals surface area (Å²) in [4.78, 5) is 10.6. The highest BCUT2D eigenvalue weighted by Gasteiger charge is 2.25. The van der Waals surface area contributed by atoms with Crippen LogP contribution >= 0.6 is 0 Å². The molecule has 0 radical (unpaired) electrons. The SMILES string of the molecule is c1ccc(-c2ccc(C3=NC(c4ccc(-c5cccc6ccccc56)cc4)NC(c4ccc5ccccc5c4)=N3)c3c2oc2ccccc23)cc1. The largest absolute Gasteiger partial charge is 0.455 e. The molecular weight excluding hydrogens is 623 g/mol. The average molecular weight is 654 g/mol. The van der Waals surface area contributed by atoms with Crippen molar-refractivity contribution in [2.45, 2.75) is 6.17 Å². The molecule has 9 aromatic rings. The Hall–Kier alpha value is -6.78. The van der Waals surface area contributed by atoms with Crippen molar-refractivity contribution in [3.63, 3.8) is 0 Å². The number of nitrogens with one attached hydrogen (secondary N) is 1. The molecule has 1 unspecified atom stereocenters. The predicted octanol–water partition coefficient (Wildman–Crippen LogP) is 11.7. The average Bonchev–Trinajstić information content (AvgIpc) is 3.60. The molecule has 0 saturated carbocycles. The highest BCUT2D eigenvalue weighted by Crippen LogP contribution is 2.39. The topological polar surface area (TPSA) is 49.9 Å². The molecule has 240 valence electrons. The van der Waals surface area contributed by atoms with E-state index in [0.717, 1.165) is 61.0 Å². The smallest absolute Gasteiger partial charge is 0.160 e. The molecule has 1 aliphatic heterocycles. The van der Waals surface area contributed by atoms with Gasteiger partial charge in [0.15, 0.2) is 5.84 Å². The zero-order chi connectivity index (χ0) is 33.7. The van der Waals surface area contributed by atoms with Crippen molar-refractivity contribution in [2.24, 2.45) is 9.98 Å². The number of nitrogens with zero attached hydrogens (tertiary/aromatic N) is 2. The number of amidine groups is 2. The first-order chi connectivity index (χ1) is 25.3. The van der Waals surface area contributed by atoms with Crippen LogP contribution in [0.5, 0.6) is 0 Å². The van der Waals surface area contributed by atoms with Crippen LogP contribution in [0.25, 0.3) is 65.7 Å². The summed E-state index contributed by atoms with van der Waals surface area (Å²) < 4.78 is 6.61. The van der Waals surface area contributed by atoms with Crippen molar-refractivity contribution in [3.05, 3.63) is 193 Å². The van der Waals surface area contributed by atoms with Crippen LogP contribution in [0.2, 0.25) is 0 Å². The third kappa shape index (κ3) is 5.08. The van der Waals surface area contributed by atoms with Gasteiger partial charge in [0.05, 0.1) is 0 Å². The van der Waals surface area contributed by atoms with Gasteiger partial charge in [0, 0.05) is 27.5 Å². The Kier molecular flexibility index (Phi) is 6.85. The van der Waals surface area contributed by atoms with Gasteiger partial charge in [-0.25, -0.2) is 9.98 Å². The minimum absolute atomic E-state index is 0.359. The van der Waals surface area contributed by atoms with E-state index in [-0.39, 0.29) is 6.17 Å².